The molecule has 0 radical (unpaired) electrons. The van der Waals surface area contributed by atoms with Gasteiger partial charge in [0.2, 0.25) is 5.91 Å². The number of fused-ring (bicyclic) bond motifs is 2. The molecule has 6 rings (SSSR count). The lowest BCUT2D eigenvalue weighted by molar-refractivity contribution is -0.132. The minimum atomic E-state index is 0.289. The van der Waals surface area contributed by atoms with Crippen molar-refractivity contribution in [3.63, 3.8) is 0 Å². The van der Waals surface area contributed by atoms with Gasteiger partial charge in [-0.15, -0.1) is 22.7 Å². The molecule has 150 valence electrons. The number of amides is 1. The Morgan fingerprint density at radius 2 is 2.10 bits per heavy atom. The number of anilines is 2. The molecule has 1 N–H and O–H groups in total. The molecule has 0 bridgehead atoms. The number of nitrogens with zero attached hydrogens (tertiary/aromatic N) is 4. The molecule has 1 fully saturated rings. The number of carbonyl (C=O) groups excluding carboxylic acids is 1. The summed E-state index contributed by atoms with van der Waals surface area (Å²) in [5.74, 6) is 1.42. The molecular formula is C22H19N5OS2. The van der Waals surface area contributed by atoms with Gasteiger partial charge in [0.25, 0.3) is 0 Å². The zero-order valence-electron chi connectivity index (χ0n) is 16.2. The molecule has 4 heterocycles. The van der Waals surface area contributed by atoms with Gasteiger partial charge in [-0.05, 0) is 49.1 Å². The van der Waals surface area contributed by atoms with E-state index in [1.165, 1.54) is 15.2 Å². The van der Waals surface area contributed by atoms with Crippen LogP contribution < -0.4 is 5.32 Å². The van der Waals surface area contributed by atoms with Crippen LogP contribution in [0.15, 0.2) is 42.2 Å². The van der Waals surface area contributed by atoms with E-state index in [4.69, 9.17) is 0 Å². The number of hydrogen-bond donors (Lipinski definition) is 1. The first-order valence-electron chi connectivity index (χ1n) is 10.1. The molecule has 6 nitrogen and oxygen atoms in total. The molecule has 0 unspecified atom stereocenters. The minimum absolute atomic E-state index is 0.289. The Bertz CT molecular complexity index is 1300. The standard InChI is InChI=1S/C22H19N5OS2/c28-22(14-1-2-14)27-7-5-13(6-8-27)19-10-16-20(23-11-24-21(16)30-19)26-15-3-4-18-17(9-15)25-12-29-18/h3-5,9-12,14H,1-2,6-8H2,(H,23,24,26). The molecule has 0 atom stereocenters. The zero-order valence-corrected chi connectivity index (χ0v) is 17.8. The average Bonchev–Trinajstić information content (AvgIpc) is 3.35. The number of thiazole rings is 1. The summed E-state index contributed by atoms with van der Waals surface area (Å²) in [6.45, 7) is 1.52. The Kier molecular flexibility index (Phi) is 4.28. The average molecular weight is 434 g/mol. The van der Waals surface area contributed by atoms with Gasteiger partial charge in [0.1, 0.15) is 17.0 Å². The van der Waals surface area contributed by atoms with Crippen molar-refractivity contribution < 1.29 is 4.79 Å². The maximum Gasteiger partial charge on any atom is 0.225 e. The summed E-state index contributed by atoms with van der Waals surface area (Å²) in [7, 11) is 0. The number of rotatable bonds is 4. The number of benzene rings is 1. The van der Waals surface area contributed by atoms with E-state index in [1.807, 2.05) is 16.5 Å². The molecule has 1 aliphatic heterocycles. The van der Waals surface area contributed by atoms with Crippen molar-refractivity contribution in [3.05, 3.63) is 47.1 Å². The molecule has 8 heteroatoms. The number of aromatic nitrogens is 3. The number of thiophene rings is 1. The van der Waals surface area contributed by atoms with Gasteiger partial charge in [0.05, 0.1) is 21.1 Å². The van der Waals surface area contributed by atoms with Crippen LogP contribution in [-0.2, 0) is 4.79 Å². The van der Waals surface area contributed by atoms with E-state index in [0.29, 0.717) is 12.5 Å². The molecular weight excluding hydrogens is 414 g/mol. The van der Waals surface area contributed by atoms with Gasteiger partial charge in [0.15, 0.2) is 0 Å². The van der Waals surface area contributed by atoms with Crippen LogP contribution in [0.25, 0.3) is 26.0 Å². The predicted octanol–water partition coefficient (Wildman–Crippen LogP) is 5.07. The SMILES string of the molecule is O=C(C1CC1)N1CC=C(c2cc3c(Nc4ccc5scnc5c4)ncnc3s2)CC1. The first kappa shape index (κ1) is 18.0. The third-order valence-electron chi connectivity index (χ3n) is 5.69. The second-order valence-corrected chi connectivity index (χ2v) is 9.67. The Balaban J connectivity index is 1.27. The number of carbonyl (C=O) groups is 1. The van der Waals surface area contributed by atoms with Crippen LogP contribution in [0.4, 0.5) is 11.5 Å². The summed E-state index contributed by atoms with van der Waals surface area (Å²) >= 11 is 3.32. The van der Waals surface area contributed by atoms with Crippen LogP contribution in [0.1, 0.15) is 24.1 Å². The van der Waals surface area contributed by atoms with E-state index in [0.717, 1.165) is 53.0 Å². The molecule has 1 amide bonds. The van der Waals surface area contributed by atoms with E-state index in [9.17, 15) is 4.79 Å². The molecule has 4 aromatic rings. The first-order valence-corrected chi connectivity index (χ1v) is 11.8. The monoisotopic (exact) mass is 433 g/mol. The molecule has 3 aromatic heterocycles. The fraction of sp³-hybridized carbons (Fsp3) is 0.273. The topological polar surface area (TPSA) is 71.0 Å². The minimum Gasteiger partial charge on any atom is -0.340 e. The Hall–Kier alpha value is -2.84. The molecule has 30 heavy (non-hydrogen) atoms. The van der Waals surface area contributed by atoms with Crippen molar-refractivity contribution in [3.8, 4) is 0 Å². The lowest BCUT2D eigenvalue weighted by Gasteiger charge is -2.26. The summed E-state index contributed by atoms with van der Waals surface area (Å²) in [6, 6.07) is 8.35. The molecule has 1 aromatic carbocycles. The summed E-state index contributed by atoms with van der Waals surface area (Å²) in [6.07, 6.45) is 6.82. The van der Waals surface area contributed by atoms with Crippen molar-refractivity contribution >= 4 is 66.1 Å². The molecule has 1 saturated carbocycles. The largest absolute Gasteiger partial charge is 0.340 e. The maximum absolute atomic E-state index is 12.3. The van der Waals surface area contributed by atoms with E-state index >= 15 is 0 Å². The summed E-state index contributed by atoms with van der Waals surface area (Å²) in [5.41, 5.74) is 5.11. The third kappa shape index (κ3) is 3.26. The van der Waals surface area contributed by atoms with Crippen LogP contribution >= 0.6 is 22.7 Å². The fourth-order valence-corrected chi connectivity index (χ4v) is 5.59. The molecule has 1 aliphatic carbocycles. The summed E-state index contributed by atoms with van der Waals surface area (Å²) < 4.78 is 1.17. The number of nitrogens with one attached hydrogen (secondary N) is 1. The number of hydrogen-bond acceptors (Lipinski definition) is 7. The highest BCUT2D eigenvalue weighted by Crippen LogP contribution is 2.37. The molecule has 2 aliphatic rings. The van der Waals surface area contributed by atoms with Crippen LogP contribution in [0.5, 0.6) is 0 Å². The Labute approximate surface area is 181 Å². The van der Waals surface area contributed by atoms with Crippen molar-refractivity contribution in [2.24, 2.45) is 5.92 Å². The van der Waals surface area contributed by atoms with Gasteiger partial charge in [0, 0.05) is 29.6 Å². The quantitative estimate of drug-likeness (QED) is 0.486. The second kappa shape index (κ2) is 7.14. The zero-order chi connectivity index (χ0) is 20.1. The van der Waals surface area contributed by atoms with E-state index in [2.05, 4.69) is 44.5 Å². The normalized spacial score (nSPS) is 16.8. The van der Waals surface area contributed by atoms with Crippen molar-refractivity contribution in [1.82, 2.24) is 19.9 Å². The Morgan fingerprint density at radius 1 is 1.17 bits per heavy atom. The van der Waals surface area contributed by atoms with Crippen molar-refractivity contribution in [1.29, 1.82) is 0 Å². The smallest absolute Gasteiger partial charge is 0.225 e. The third-order valence-corrected chi connectivity index (χ3v) is 7.62. The fourth-order valence-electron chi connectivity index (χ4n) is 3.87. The first-order chi connectivity index (χ1) is 14.7. The van der Waals surface area contributed by atoms with Crippen LogP contribution in [0.3, 0.4) is 0 Å². The lowest BCUT2D eigenvalue weighted by Crippen LogP contribution is -2.35. The van der Waals surface area contributed by atoms with Crippen LogP contribution in [0.2, 0.25) is 0 Å². The van der Waals surface area contributed by atoms with Gasteiger partial charge in [-0.3, -0.25) is 4.79 Å². The van der Waals surface area contributed by atoms with Crippen molar-refractivity contribution in [2.45, 2.75) is 19.3 Å². The van der Waals surface area contributed by atoms with Gasteiger partial charge in [-0.1, -0.05) is 6.08 Å². The van der Waals surface area contributed by atoms with Gasteiger partial charge in [-0.2, -0.15) is 0 Å². The highest BCUT2D eigenvalue weighted by atomic mass is 32.1. The molecule has 0 spiro atoms. The second-order valence-electron chi connectivity index (χ2n) is 7.75. The Morgan fingerprint density at radius 3 is 2.93 bits per heavy atom. The predicted molar refractivity (Wildman–Crippen MR) is 122 cm³/mol. The van der Waals surface area contributed by atoms with Gasteiger partial charge in [-0.25, -0.2) is 15.0 Å². The lowest BCUT2D eigenvalue weighted by atomic mass is 10.1. The van der Waals surface area contributed by atoms with Gasteiger partial charge < -0.3 is 10.2 Å². The van der Waals surface area contributed by atoms with E-state index < -0.39 is 0 Å². The summed E-state index contributed by atoms with van der Waals surface area (Å²) in [5, 5.41) is 4.46. The van der Waals surface area contributed by atoms with Gasteiger partial charge >= 0.3 is 0 Å². The highest BCUT2D eigenvalue weighted by molar-refractivity contribution is 7.19. The van der Waals surface area contributed by atoms with Crippen molar-refractivity contribution in [2.75, 3.05) is 18.4 Å². The summed E-state index contributed by atoms with van der Waals surface area (Å²) in [4.78, 5) is 29.8. The molecule has 0 saturated heterocycles. The van der Waals surface area contributed by atoms with E-state index in [-0.39, 0.29) is 5.92 Å². The maximum atomic E-state index is 12.3. The van der Waals surface area contributed by atoms with Crippen LogP contribution in [0, 0.1) is 5.92 Å². The van der Waals surface area contributed by atoms with E-state index in [1.54, 1.807) is 29.0 Å². The highest BCUT2D eigenvalue weighted by Gasteiger charge is 2.33. The van der Waals surface area contributed by atoms with Crippen LogP contribution in [-0.4, -0.2) is 38.8 Å².